The van der Waals surface area contributed by atoms with E-state index in [9.17, 15) is 19.8 Å². The van der Waals surface area contributed by atoms with E-state index in [0.29, 0.717) is 42.3 Å². The lowest BCUT2D eigenvalue weighted by Crippen LogP contribution is -2.57. The molecule has 0 heterocycles. The fourth-order valence-corrected chi connectivity index (χ4v) is 8.91. The van der Waals surface area contributed by atoms with Gasteiger partial charge >= 0.3 is 5.97 Å². The van der Waals surface area contributed by atoms with Crippen LogP contribution < -0.4 is 0 Å². The van der Waals surface area contributed by atoms with Crippen LogP contribution in [-0.2, 0) is 9.59 Å². The highest BCUT2D eigenvalue weighted by Crippen LogP contribution is 2.69. The van der Waals surface area contributed by atoms with Crippen LogP contribution in [0.2, 0.25) is 0 Å². The molecule has 0 saturated heterocycles. The number of allylic oxidation sites excluding steroid dienone is 1. The van der Waals surface area contributed by atoms with Crippen LogP contribution in [0.1, 0.15) is 97.3 Å². The van der Waals surface area contributed by atoms with E-state index in [4.69, 9.17) is 0 Å². The molecule has 4 nitrogen and oxygen atoms in total. The zero-order chi connectivity index (χ0) is 23.1. The van der Waals surface area contributed by atoms with Crippen LogP contribution in [0.4, 0.5) is 0 Å². The second-order valence-corrected chi connectivity index (χ2v) is 12.6. The fourth-order valence-electron chi connectivity index (χ4n) is 8.51. The number of unbranched alkanes of at least 4 members (excludes halogenated alkanes) is 2. The van der Waals surface area contributed by atoms with E-state index in [-0.39, 0.29) is 17.3 Å². The molecule has 4 aliphatic rings. The molecule has 3 saturated carbocycles. The molecule has 5 heteroatoms. The lowest BCUT2D eigenvalue weighted by Gasteiger charge is -2.61. The second kappa shape index (κ2) is 9.17. The molecule has 0 radical (unpaired) electrons. The molecule has 0 bridgehead atoms. The van der Waals surface area contributed by atoms with Crippen molar-refractivity contribution in [3.05, 3.63) is 11.6 Å². The van der Waals surface area contributed by atoms with Gasteiger partial charge in [0.25, 0.3) is 0 Å². The normalized spacial score (nSPS) is 43.2. The van der Waals surface area contributed by atoms with E-state index in [1.807, 2.05) is 6.08 Å². The van der Waals surface area contributed by atoms with E-state index in [0.717, 1.165) is 43.9 Å². The molecular formula is C27H41BrO4. The Morgan fingerprint density at radius 3 is 2.59 bits per heavy atom. The second-order valence-electron chi connectivity index (χ2n) is 11.8. The smallest absolute Gasteiger partial charge is 0.303 e. The van der Waals surface area contributed by atoms with Crippen molar-refractivity contribution in [1.82, 2.24) is 0 Å². The number of carbonyl (C=O) groups is 2. The Morgan fingerprint density at radius 1 is 1.12 bits per heavy atom. The van der Waals surface area contributed by atoms with Crippen molar-refractivity contribution >= 4 is 27.7 Å². The van der Waals surface area contributed by atoms with Crippen molar-refractivity contribution in [2.45, 2.75) is 103 Å². The molecule has 0 aliphatic heterocycles. The van der Waals surface area contributed by atoms with Gasteiger partial charge in [-0.1, -0.05) is 48.2 Å². The third-order valence-electron chi connectivity index (χ3n) is 10.4. The number of fused-ring (bicyclic) bond motifs is 5. The number of hydrogen-bond donors (Lipinski definition) is 2. The quantitative estimate of drug-likeness (QED) is 0.298. The minimum absolute atomic E-state index is 0.0512. The first-order valence-corrected chi connectivity index (χ1v) is 14.0. The first-order valence-electron chi connectivity index (χ1n) is 12.9. The van der Waals surface area contributed by atoms with Crippen LogP contribution in [0, 0.1) is 34.5 Å². The van der Waals surface area contributed by atoms with E-state index < -0.39 is 11.6 Å². The third kappa shape index (κ3) is 4.04. The Kier molecular flexibility index (Phi) is 7.00. The molecule has 180 valence electrons. The number of aliphatic hydroxyl groups is 1. The average Bonchev–Trinajstić information content (AvgIpc) is 3.02. The van der Waals surface area contributed by atoms with Gasteiger partial charge in [-0.15, -0.1) is 0 Å². The minimum atomic E-state index is -0.860. The van der Waals surface area contributed by atoms with Gasteiger partial charge in [0, 0.05) is 18.2 Å². The largest absolute Gasteiger partial charge is 0.481 e. The summed E-state index contributed by atoms with van der Waals surface area (Å²) in [6.07, 6.45) is 13.8. The number of carboxylic acids is 1. The number of ketones is 1. The molecule has 0 spiro atoms. The van der Waals surface area contributed by atoms with E-state index in [2.05, 4.69) is 29.8 Å². The number of aliphatic carboxylic acids is 1. The van der Waals surface area contributed by atoms with E-state index >= 15 is 0 Å². The van der Waals surface area contributed by atoms with Gasteiger partial charge < -0.3 is 10.2 Å². The standard InChI is InChI=1S/C27H41BrO4/c1-25-11-7-20(29)17-19(25)16-18(6-4-3-5-15-28)24-21(25)8-12-26(2)22(24)9-13-27(26,32)14-10-23(30)31/h17-18,21-22,24,32H,3-16H2,1-2H3,(H,30,31)/t18-,21+,22+,24-,25+,26+,27+/m1/s1. The van der Waals surface area contributed by atoms with Crippen LogP contribution >= 0.6 is 15.9 Å². The fraction of sp³-hybridized carbons (Fsp3) is 0.852. The number of alkyl halides is 1. The molecule has 0 unspecified atom stereocenters. The van der Waals surface area contributed by atoms with Crippen LogP contribution in [0.5, 0.6) is 0 Å². The Hall–Kier alpha value is -0.680. The van der Waals surface area contributed by atoms with Gasteiger partial charge in [0.1, 0.15) is 0 Å². The monoisotopic (exact) mass is 508 g/mol. The van der Waals surface area contributed by atoms with Gasteiger partial charge in [0.05, 0.1) is 5.60 Å². The average molecular weight is 510 g/mol. The maximum Gasteiger partial charge on any atom is 0.303 e. The first-order chi connectivity index (χ1) is 15.1. The maximum atomic E-state index is 12.3. The topological polar surface area (TPSA) is 74.6 Å². The van der Waals surface area contributed by atoms with Crippen molar-refractivity contribution in [2.75, 3.05) is 5.33 Å². The van der Waals surface area contributed by atoms with Crippen molar-refractivity contribution < 1.29 is 19.8 Å². The summed E-state index contributed by atoms with van der Waals surface area (Å²) in [6.45, 7) is 4.68. The molecule has 0 amide bonds. The predicted molar refractivity (Wildman–Crippen MR) is 130 cm³/mol. The Morgan fingerprint density at radius 2 is 1.88 bits per heavy atom. The maximum absolute atomic E-state index is 12.3. The summed E-state index contributed by atoms with van der Waals surface area (Å²) < 4.78 is 0. The molecule has 0 aromatic carbocycles. The van der Waals surface area contributed by atoms with Crippen molar-refractivity contribution in [3.8, 4) is 0 Å². The summed E-state index contributed by atoms with van der Waals surface area (Å²) in [5, 5.41) is 22.1. The zero-order valence-corrected chi connectivity index (χ0v) is 21.5. The predicted octanol–water partition coefficient (Wildman–Crippen LogP) is 6.30. The number of carbonyl (C=O) groups excluding carboxylic acids is 1. The van der Waals surface area contributed by atoms with E-state index in [1.54, 1.807) is 0 Å². The van der Waals surface area contributed by atoms with Crippen molar-refractivity contribution in [2.24, 2.45) is 34.5 Å². The zero-order valence-electron chi connectivity index (χ0n) is 19.9. The molecular weight excluding hydrogens is 468 g/mol. The van der Waals surface area contributed by atoms with Crippen molar-refractivity contribution in [3.63, 3.8) is 0 Å². The van der Waals surface area contributed by atoms with Crippen LogP contribution in [0.15, 0.2) is 11.6 Å². The summed E-state index contributed by atoms with van der Waals surface area (Å²) in [6, 6.07) is 0. The lowest BCUT2D eigenvalue weighted by molar-refractivity contribution is -0.152. The Bertz CT molecular complexity index is 778. The molecule has 4 rings (SSSR count). The highest BCUT2D eigenvalue weighted by Gasteiger charge is 2.65. The highest BCUT2D eigenvalue weighted by molar-refractivity contribution is 9.09. The summed E-state index contributed by atoms with van der Waals surface area (Å²) in [4.78, 5) is 23.6. The molecule has 2 N–H and O–H groups in total. The number of rotatable bonds is 8. The summed E-state index contributed by atoms with van der Waals surface area (Å²) in [5.74, 6) is 1.68. The van der Waals surface area contributed by atoms with Crippen LogP contribution in [0.25, 0.3) is 0 Å². The molecule has 32 heavy (non-hydrogen) atoms. The molecule has 3 fully saturated rings. The van der Waals surface area contributed by atoms with E-state index in [1.165, 1.54) is 31.3 Å². The summed E-state index contributed by atoms with van der Waals surface area (Å²) in [5.41, 5.74) is 0.470. The van der Waals surface area contributed by atoms with Gasteiger partial charge in [0.2, 0.25) is 0 Å². The minimum Gasteiger partial charge on any atom is -0.481 e. The number of hydrogen-bond acceptors (Lipinski definition) is 3. The molecule has 0 aromatic heterocycles. The van der Waals surface area contributed by atoms with Gasteiger partial charge in [-0.3, -0.25) is 9.59 Å². The SMILES string of the molecule is C[C@]12CCC(=O)C=C1C[C@@H](CCCCCBr)[C@@H]1[C@@H]2CC[C@@]2(C)[C@H]1CC[C@]2(O)CCC(=O)O. The first kappa shape index (κ1) is 24.4. The van der Waals surface area contributed by atoms with Crippen molar-refractivity contribution in [1.29, 1.82) is 0 Å². The van der Waals surface area contributed by atoms with Gasteiger partial charge in [-0.2, -0.15) is 0 Å². The molecule has 0 aromatic rings. The summed E-state index contributed by atoms with van der Waals surface area (Å²) >= 11 is 3.56. The molecule has 7 atom stereocenters. The van der Waals surface area contributed by atoms with Crippen LogP contribution in [0.3, 0.4) is 0 Å². The van der Waals surface area contributed by atoms with Gasteiger partial charge in [-0.05, 0) is 98.4 Å². The molecule has 4 aliphatic carbocycles. The Labute approximate surface area is 201 Å². The lowest BCUT2D eigenvalue weighted by atomic mass is 9.43. The number of carboxylic acid groups (broad SMARTS) is 1. The van der Waals surface area contributed by atoms with Gasteiger partial charge in [0.15, 0.2) is 5.78 Å². The number of halogens is 1. The third-order valence-corrected chi connectivity index (χ3v) is 11.0. The van der Waals surface area contributed by atoms with Gasteiger partial charge in [-0.25, -0.2) is 0 Å². The summed E-state index contributed by atoms with van der Waals surface area (Å²) in [7, 11) is 0. The van der Waals surface area contributed by atoms with Crippen LogP contribution in [-0.4, -0.2) is 32.9 Å². The Balaban J connectivity index is 1.64. The highest BCUT2D eigenvalue weighted by atomic mass is 79.9.